The second kappa shape index (κ2) is 7.53. The van der Waals surface area contributed by atoms with Gasteiger partial charge in [0.25, 0.3) is 5.91 Å². The van der Waals surface area contributed by atoms with Gasteiger partial charge in [-0.3, -0.25) is 4.79 Å². The molecule has 0 fully saturated rings. The van der Waals surface area contributed by atoms with Crippen LogP contribution < -0.4 is 5.32 Å². The molecule has 0 saturated carbocycles. The normalized spacial score (nSPS) is 12.1. The topological polar surface area (TPSA) is 62.5 Å². The van der Waals surface area contributed by atoms with E-state index in [4.69, 9.17) is 16.0 Å². The van der Waals surface area contributed by atoms with Crippen molar-refractivity contribution in [3.63, 3.8) is 0 Å². The molecule has 0 radical (unpaired) electrons. The van der Waals surface area contributed by atoms with Crippen LogP contribution in [0.4, 0.5) is 0 Å². The lowest BCUT2D eigenvalue weighted by Gasteiger charge is -2.06. The van der Waals surface area contributed by atoms with Gasteiger partial charge in [0.05, 0.1) is 23.4 Å². The number of aliphatic hydroxyl groups excluding tert-OH is 1. The van der Waals surface area contributed by atoms with Gasteiger partial charge in [-0.25, -0.2) is 0 Å². The van der Waals surface area contributed by atoms with E-state index in [2.05, 4.69) is 21.2 Å². The number of rotatable bonds is 5. The fraction of sp³-hybridized carbons (Fsp3) is 0.118. The van der Waals surface area contributed by atoms with Crippen LogP contribution in [0.3, 0.4) is 0 Å². The van der Waals surface area contributed by atoms with Gasteiger partial charge in [0.2, 0.25) is 0 Å². The predicted octanol–water partition coefficient (Wildman–Crippen LogP) is 4.77. The van der Waals surface area contributed by atoms with Crippen LogP contribution in [-0.4, -0.2) is 11.0 Å². The molecule has 2 aromatic heterocycles. The summed E-state index contributed by atoms with van der Waals surface area (Å²) in [4.78, 5) is 13.9. The van der Waals surface area contributed by atoms with Crippen LogP contribution in [0, 0.1) is 0 Å². The zero-order valence-corrected chi connectivity index (χ0v) is 15.5. The maximum atomic E-state index is 12.2. The number of thiophene rings is 1. The van der Waals surface area contributed by atoms with Crippen molar-refractivity contribution in [3.8, 4) is 0 Å². The second-order valence-electron chi connectivity index (χ2n) is 5.03. The Morgan fingerprint density at radius 3 is 2.92 bits per heavy atom. The lowest BCUT2D eigenvalue weighted by atomic mass is 10.2. The predicted molar refractivity (Wildman–Crippen MR) is 97.4 cm³/mol. The molecule has 124 valence electrons. The standard InChI is InChI=1S/C17H13BrClNO3S/c18-10-3-5-13(19)12(8-10)17(22)20-9-11-4-6-15(24-11)16(21)14-2-1-7-23-14/h1-8,16,21H,9H2,(H,20,22). The van der Waals surface area contributed by atoms with Gasteiger partial charge in [0.15, 0.2) is 0 Å². The first-order valence-electron chi connectivity index (χ1n) is 7.08. The number of furan rings is 1. The third kappa shape index (κ3) is 3.89. The van der Waals surface area contributed by atoms with Crippen molar-refractivity contribution in [1.29, 1.82) is 0 Å². The van der Waals surface area contributed by atoms with Crippen molar-refractivity contribution < 1.29 is 14.3 Å². The minimum atomic E-state index is -0.797. The van der Waals surface area contributed by atoms with Gasteiger partial charge in [0, 0.05) is 14.2 Å². The Bertz CT molecular complexity index is 847. The molecule has 1 unspecified atom stereocenters. The van der Waals surface area contributed by atoms with E-state index in [-0.39, 0.29) is 5.91 Å². The molecule has 1 atom stereocenters. The first kappa shape index (κ1) is 17.2. The Balaban J connectivity index is 1.65. The van der Waals surface area contributed by atoms with Gasteiger partial charge in [0.1, 0.15) is 11.9 Å². The van der Waals surface area contributed by atoms with Gasteiger partial charge in [-0.15, -0.1) is 11.3 Å². The number of halogens is 2. The Kier molecular flexibility index (Phi) is 5.40. The zero-order chi connectivity index (χ0) is 17.1. The molecule has 0 saturated heterocycles. The fourth-order valence-electron chi connectivity index (χ4n) is 2.16. The molecule has 0 aliphatic heterocycles. The molecule has 3 aromatic rings. The summed E-state index contributed by atoms with van der Waals surface area (Å²) in [5.41, 5.74) is 0.415. The van der Waals surface area contributed by atoms with E-state index in [1.54, 1.807) is 30.3 Å². The summed E-state index contributed by atoms with van der Waals surface area (Å²) in [6.07, 6.45) is 0.726. The Hall–Kier alpha value is -1.60. The van der Waals surface area contributed by atoms with Gasteiger partial charge in [-0.2, -0.15) is 0 Å². The highest BCUT2D eigenvalue weighted by Crippen LogP contribution is 2.29. The van der Waals surface area contributed by atoms with Crippen LogP contribution in [0.25, 0.3) is 0 Å². The highest BCUT2D eigenvalue weighted by molar-refractivity contribution is 9.10. The highest BCUT2D eigenvalue weighted by Gasteiger charge is 2.16. The number of amides is 1. The maximum Gasteiger partial charge on any atom is 0.253 e. The van der Waals surface area contributed by atoms with E-state index in [1.165, 1.54) is 17.6 Å². The minimum absolute atomic E-state index is 0.247. The number of hydrogen-bond acceptors (Lipinski definition) is 4. The first-order chi connectivity index (χ1) is 11.5. The number of carbonyl (C=O) groups is 1. The van der Waals surface area contributed by atoms with Gasteiger partial charge < -0.3 is 14.8 Å². The summed E-state index contributed by atoms with van der Waals surface area (Å²) in [6.45, 7) is 0.358. The molecule has 24 heavy (non-hydrogen) atoms. The molecule has 0 spiro atoms. The third-order valence-electron chi connectivity index (χ3n) is 3.36. The van der Waals surface area contributed by atoms with Crippen LogP contribution in [0.2, 0.25) is 5.02 Å². The summed E-state index contributed by atoms with van der Waals surface area (Å²) in [5.74, 6) is 0.246. The second-order valence-corrected chi connectivity index (χ2v) is 7.55. The molecular formula is C17H13BrClNO3S. The Morgan fingerprint density at radius 2 is 2.17 bits per heavy atom. The lowest BCUT2D eigenvalue weighted by Crippen LogP contribution is -2.22. The SMILES string of the molecule is O=C(NCc1ccc(C(O)c2ccco2)s1)c1cc(Br)ccc1Cl. The van der Waals surface area contributed by atoms with Crippen molar-refractivity contribution in [3.05, 3.63) is 79.3 Å². The molecule has 0 bridgehead atoms. The maximum absolute atomic E-state index is 12.2. The molecule has 3 rings (SSSR count). The Labute approximate surface area is 156 Å². The summed E-state index contributed by atoms with van der Waals surface area (Å²) < 4.78 is 6.00. The molecule has 2 N–H and O–H groups in total. The van der Waals surface area contributed by atoms with Gasteiger partial charge in [-0.05, 0) is 42.5 Å². The van der Waals surface area contributed by atoms with E-state index < -0.39 is 6.10 Å². The lowest BCUT2D eigenvalue weighted by molar-refractivity contribution is 0.0951. The van der Waals surface area contributed by atoms with E-state index in [9.17, 15) is 9.90 Å². The summed E-state index contributed by atoms with van der Waals surface area (Å²) in [6, 6.07) is 12.3. The molecular weight excluding hydrogens is 414 g/mol. The van der Waals surface area contributed by atoms with Crippen molar-refractivity contribution >= 4 is 44.8 Å². The third-order valence-corrected chi connectivity index (χ3v) is 5.32. The van der Waals surface area contributed by atoms with Crippen molar-refractivity contribution in [2.45, 2.75) is 12.6 Å². The quantitative estimate of drug-likeness (QED) is 0.618. The van der Waals surface area contributed by atoms with Crippen LogP contribution in [0.1, 0.15) is 32.0 Å². The zero-order valence-electron chi connectivity index (χ0n) is 12.3. The van der Waals surface area contributed by atoms with Crippen LogP contribution in [-0.2, 0) is 6.54 Å². The molecule has 0 aliphatic rings. The average molecular weight is 427 g/mol. The number of aliphatic hydroxyl groups is 1. The van der Waals surface area contributed by atoms with Crippen LogP contribution in [0.5, 0.6) is 0 Å². The smallest absolute Gasteiger partial charge is 0.253 e. The monoisotopic (exact) mass is 425 g/mol. The number of hydrogen-bond donors (Lipinski definition) is 2. The first-order valence-corrected chi connectivity index (χ1v) is 9.06. The molecule has 0 aliphatic carbocycles. The van der Waals surface area contributed by atoms with E-state index in [0.29, 0.717) is 22.9 Å². The fourth-order valence-corrected chi connectivity index (χ4v) is 3.67. The number of carbonyl (C=O) groups excluding carboxylic acids is 1. The summed E-state index contributed by atoms with van der Waals surface area (Å²) in [7, 11) is 0. The number of nitrogens with one attached hydrogen (secondary N) is 1. The summed E-state index contributed by atoms with van der Waals surface area (Å²) in [5, 5.41) is 13.5. The molecule has 1 amide bonds. The van der Waals surface area contributed by atoms with Gasteiger partial charge in [-0.1, -0.05) is 27.5 Å². The number of benzene rings is 1. The average Bonchev–Trinajstić information content (AvgIpc) is 3.26. The van der Waals surface area contributed by atoms with Crippen LogP contribution >= 0.6 is 38.9 Å². The van der Waals surface area contributed by atoms with Crippen LogP contribution in [0.15, 0.2) is 57.6 Å². The van der Waals surface area contributed by atoms with E-state index in [0.717, 1.165) is 14.2 Å². The Morgan fingerprint density at radius 1 is 1.33 bits per heavy atom. The minimum Gasteiger partial charge on any atom is -0.466 e. The highest BCUT2D eigenvalue weighted by atomic mass is 79.9. The molecule has 1 aromatic carbocycles. The molecule has 2 heterocycles. The molecule has 4 nitrogen and oxygen atoms in total. The van der Waals surface area contributed by atoms with Gasteiger partial charge >= 0.3 is 0 Å². The van der Waals surface area contributed by atoms with Crippen molar-refractivity contribution in [2.75, 3.05) is 0 Å². The van der Waals surface area contributed by atoms with Crippen molar-refractivity contribution in [2.24, 2.45) is 0 Å². The summed E-state index contributed by atoms with van der Waals surface area (Å²) >= 11 is 10.8. The molecule has 7 heteroatoms. The van der Waals surface area contributed by atoms with E-state index >= 15 is 0 Å². The van der Waals surface area contributed by atoms with E-state index in [1.807, 2.05) is 12.1 Å². The largest absolute Gasteiger partial charge is 0.466 e. The van der Waals surface area contributed by atoms with Crippen molar-refractivity contribution in [1.82, 2.24) is 5.32 Å².